The topological polar surface area (TPSA) is 112 Å². The summed E-state index contributed by atoms with van der Waals surface area (Å²) in [6.07, 6.45) is 0.984. The van der Waals surface area contributed by atoms with Crippen molar-refractivity contribution in [3.63, 3.8) is 0 Å². The molecular weight excluding hydrogens is 546 g/mol. The number of benzene rings is 3. The van der Waals surface area contributed by atoms with E-state index in [1.165, 1.54) is 16.9 Å². The molecule has 0 radical (unpaired) electrons. The number of likely N-dealkylation sites (N-methyl/N-ethyl adjacent to an activating group) is 1. The monoisotopic (exact) mass is 583 g/mol. The third kappa shape index (κ3) is 7.52. The summed E-state index contributed by atoms with van der Waals surface area (Å²) in [4.78, 5) is 61.0. The van der Waals surface area contributed by atoms with E-state index >= 15 is 0 Å². The number of ether oxygens (including phenoxy) is 1. The molecule has 1 unspecified atom stereocenters. The molecule has 0 spiro atoms. The van der Waals surface area contributed by atoms with Crippen molar-refractivity contribution in [2.75, 3.05) is 58.6 Å². The molecule has 1 N–H and O–H groups in total. The van der Waals surface area contributed by atoms with Crippen LogP contribution in [0.4, 0.5) is 17.1 Å². The van der Waals surface area contributed by atoms with Crippen LogP contribution in [0.1, 0.15) is 40.2 Å². The van der Waals surface area contributed by atoms with Crippen LogP contribution in [0.2, 0.25) is 0 Å². The van der Waals surface area contributed by atoms with Crippen molar-refractivity contribution in [1.82, 2.24) is 9.80 Å². The van der Waals surface area contributed by atoms with E-state index in [-0.39, 0.29) is 24.3 Å². The number of nitrogens with zero attached hydrogens (tertiary/aromatic N) is 4. The normalized spacial score (nSPS) is 14.2. The number of hydrogen-bond acceptors (Lipinski definition) is 7. The lowest BCUT2D eigenvalue weighted by Gasteiger charge is -2.24. The molecule has 1 aliphatic heterocycles. The average Bonchev–Trinajstić information content (AvgIpc) is 3.33. The van der Waals surface area contributed by atoms with E-state index in [0.717, 1.165) is 12.1 Å². The molecule has 3 aromatic rings. The van der Waals surface area contributed by atoms with Gasteiger partial charge < -0.3 is 24.8 Å². The Balaban J connectivity index is 1.68. The number of fused-ring (bicyclic) bond motifs is 1. The fourth-order valence-corrected chi connectivity index (χ4v) is 4.81. The molecule has 4 rings (SSSR count). The van der Waals surface area contributed by atoms with Crippen LogP contribution in [-0.4, -0.2) is 87.6 Å². The van der Waals surface area contributed by atoms with Gasteiger partial charge in [-0.2, -0.15) is 0 Å². The first kappa shape index (κ1) is 31.1. The summed E-state index contributed by atoms with van der Waals surface area (Å²) in [5.41, 5.74) is 4.04. The lowest BCUT2D eigenvalue weighted by atomic mass is 9.90. The van der Waals surface area contributed by atoms with Crippen molar-refractivity contribution in [2.45, 2.75) is 18.8 Å². The largest absolute Gasteiger partial charge is 0.465 e. The summed E-state index contributed by atoms with van der Waals surface area (Å²) in [5, 5.41) is 2.88. The van der Waals surface area contributed by atoms with Gasteiger partial charge in [0.1, 0.15) is 12.5 Å². The maximum absolute atomic E-state index is 13.3. The Morgan fingerprint density at radius 1 is 0.884 bits per heavy atom. The second kappa shape index (κ2) is 13.9. The van der Waals surface area contributed by atoms with Gasteiger partial charge in [0.25, 0.3) is 0 Å². The van der Waals surface area contributed by atoms with E-state index in [2.05, 4.69) is 5.32 Å². The van der Waals surface area contributed by atoms with Crippen LogP contribution in [0.25, 0.3) is 0 Å². The van der Waals surface area contributed by atoms with Gasteiger partial charge in [-0.05, 0) is 74.6 Å². The molecule has 10 nitrogen and oxygen atoms in total. The van der Waals surface area contributed by atoms with Crippen LogP contribution in [0, 0.1) is 0 Å². The van der Waals surface area contributed by atoms with E-state index in [4.69, 9.17) is 9.73 Å². The van der Waals surface area contributed by atoms with Crippen molar-refractivity contribution in [1.29, 1.82) is 0 Å². The Morgan fingerprint density at radius 3 is 2.21 bits per heavy atom. The second-order valence-corrected chi connectivity index (χ2v) is 10.8. The maximum atomic E-state index is 13.3. The molecule has 0 fully saturated rings. The van der Waals surface area contributed by atoms with Crippen LogP contribution in [0.15, 0.2) is 77.8 Å². The minimum Gasteiger partial charge on any atom is -0.465 e. The molecule has 0 saturated heterocycles. The molecule has 0 aliphatic carbocycles. The summed E-state index contributed by atoms with van der Waals surface area (Å²) in [6, 6.07) is 21.5. The molecular formula is C33H37N5O5. The Kier molecular flexibility index (Phi) is 10.0. The van der Waals surface area contributed by atoms with Crippen LogP contribution in [0.5, 0.6) is 0 Å². The number of carbonyl (C=O) groups excluding carboxylic acids is 4. The third-order valence-electron chi connectivity index (χ3n) is 7.15. The number of rotatable bonds is 11. The standard InChI is InChI=1S/C33H37N5O5/c1-36(2)19-9-12-28(39)38(21-29(40)37(3)4)25-16-14-24(15-17-25)34-31(22-10-7-6-8-11-22)30-26-18-13-23(33(42)43-5)20-27(26)35-32(30)41/h6-8,10-11,13-18,20,30H,9,12,19,21H2,1-5H3,(H,35,41). The lowest BCUT2D eigenvalue weighted by molar-refractivity contribution is -0.129. The van der Waals surface area contributed by atoms with Crippen molar-refractivity contribution in [3.05, 3.63) is 89.5 Å². The number of nitrogens with one attached hydrogen (secondary N) is 1. The number of aliphatic imine (C=N–C) groups is 1. The minimum atomic E-state index is -0.712. The zero-order chi connectivity index (χ0) is 31.1. The minimum absolute atomic E-state index is 0.0712. The van der Waals surface area contributed by atoms with Crippen LogP contribution < -0.4 is 10.2 Å². The predicted octanol–water partition coefficient (Wildman–Crippen LogP) is 4.09. The lowest BCUT2D eigenvalue weighted by Crippen LogP contribution is -2.40. The molecule has 3 amide bonds. The van der Waals surface area contributed by atoms with Gasteiger partial charge in [-0.3, -0.25) is 19.4 Å². The second-order valence-electron chi connectivity index (χ2n) is 10.8. The van der Waals surface area contributed by atoms with Gasteiger partial charge in [0.15, 0.2) is 0 Å². The molecule has 224 valence electrons. The van der Waals surface area contributed by atoms with Gasteiger partial charge in [-0.25, -0.2) is 4.79 Å². The fraction of sp³-hybridized carbons (Fsp3) is 0.303. The van der Waals surface area contributed by atoms with Crippen molar-refractivity contribution in [2.24, 2.45) is 4.99 Å². The van der Waals surface area contributed by atoms with E-state index in [1.807, 2.05) is 49.3 Å². The molecule has 0 saturated carbocycles. The summed E-state index contributed by atoms with van der Waals surface area (Å²) in [6.45, 7) is 0.692. The Morgan fingerprint density at radius 2 is 1.58 bits per heavy atom. The van der Waals surface area contributed by atoms with Crippen molar-refractivity contribution in [3.8, 4) is 0 Å². The van der Waals surface area contributed by atoms with E-state index in [1.54, 1.807) is 56.6 Å². The first-order valence-corrected chi connectivity index (χ1v) is 14.0. The number of hydrogen-bond donors (Lipinski definition) is 1. The van der Waals surface area contributed by atoms with Gasteiger partial charge >= 0.3 is 5.97 Å². The van der Waals surface area contributed by atoms with E-state index < -0.39 is 11.9 Å². The summed E-state index contributed by atoms with van der Waals surface area (Å²) in [7, 11) is 8.53. The van der Waals surface area contributed by atoms with E-state index in [0.29, 0.717) is 46.7 Å². The van der Waals surface area contributed by atoms with Crippen LogP contribution >= 0.6 is 0 Å². The molecule has 1 heterocycles. The smallest absolute Gasteiger partial charge is 0.337 e. The zero-order valence-electron chi connectivity index (χ0n) is 25.2. The van der Waals surface area contributed by atoms with Crippen molar-refractivity contribution < 1.29 is 23.9 Å². The Hall–Kier alpha value is -4.83. The predicted molar refractivity (Wildman–Crippen MR) is 167 cm³/mol. The molecule has 3 aromatic carbocycles. The highest BCUT2D eigenvalue weighted by molar-refractivity contribution is 6.24. The number of esters is 1. The fourth-order valence-electron chi connectivity index (χ4n) is 4.81. The molecule has 0 bridgehead atoms. The average molecular weight is 584 g/mol. The third-order valence-corrected chi connectivity index (χ3v) is 7.15. The van der Waals surface area contributed by atoms with Crippen LogP contribution in [0.3, 0.4) is 0 Å². The molecule has 1 atom stereocenters. The highest BCUT2D eigenvalue weighted by Crippen LogP contribution is 2.37. The quantitative estimate of drug-likeness (QED) is 0.269. The molecule has 43 heavy (non-hydrogen) atoms. The van der Waals surface area contributed by atoms with Gasteiger partial charge in [0.05, 0.1) is 24.1 Å². The van der Waals surface area contributed by atoms with Gasteiger partial charge in [0, 0.05) is 31.9 Å². The highest BCUT2D eigenvalue weighted by Gasteiger charge is 2.36. The Bertz CT molecular complexity index is 1520. The molecule has 0 aromatic heterocycles. The summed E-state index contributed by atoms with van der Waals surface area (Å²) >= 11 is 0. The van der Waals surface area contributed by atoms with Crippen LogP contribution in [-0.2, 0) is 19.1 Å². The number of anilines is 2. The first-order chi connectivity index (χ1) is 20.6. The maximum Gasteiger partial charge on any atom is 0.337 e. The number of carbonyl (C=O) groups is 4. The Labute approximate surface area is 251 Å². The van der Waals surface area contributed by atoms with Gasteiger partial charge in [-0.1, -0.05) is 36.4 Å². The zero-order valence-corrected chi connectivity index (χ0v) is 25.2. The number of methoxy groups -OCH3 is 1. The summed E-state index contributed by atoms with van der Waals surface area (Å²) < 4.78 is 4.83. The molecule has 1 aliphatic rings. The molecule has 10 heteroatoms. The number of amides is 3. The SMILES string of the molecule is COC(=O)c1ccc2c(c1)NC(=O)C2C(=Nc1ccc(N(CC(=O)N(C)C)C(=O)CCCN(C)C)cc1)c1ccccc1. The van der Waals surface area contributed by atoms with E-state index in [9.17, 15) is 19.2 Å². The van der Waals surface area contributed by atoms with Gasteiger partial charge in [0.2, 0.25) is 17.7 Å². The van der Waals surface area contributed by atoms with Gasteiger partial charge in [-0.15, -0.1) is 0 Å². The summed E-state index contributed by atoms with van der Waals surface area (Å²) in [5.74, 6) is -1.78. The first-order valence-electron chi connectivity index (χ1n) is 14.0. The van der Waals surface area contributed by atoms with Crippen molar-refractivity contribution >= 4 is 46.5 Å². The highest BCUT2D eigenvalue weighted by atomic mass is 16.5.